The van der Waals surface area contributed by atoms with Crippen molar-refractivity contribution < 1.29 is 8.42 Å². The van der Waals surface area contributed by atoms with Gasteiger partial charge in [-0.25, -0.2) is 0 Å². The highest BCUT2D eigenvalue weighted by atomic mass is 32.2. The van der Waals surface area contributed by atoms with Gasteiger partial charge in [-0.3, -0.25) is 0 Å². The summed E-state index contributed by atoms with van der Waals surface area (Å²) in [6, 6.07) is 0.535. The fourth-order valence-electron chi connectivity index (χ4n) is 2.77. The molecule has 1 fully saturated rings. The van der Waals surface area contributed by atoms with Crippen molar-refractivity contribution in [2.75, 3.05) is 20.1 Å². The van der Waals surface area contributed by atoms with Crippen molar-refractivity contribution in [2.24, 2.45) is 11.8 Å². The van der Waals surface area contributed by atoms with Crippen molar-refractivity contribution in [3.05, 3.63) is 0 Å². The molecule has 21 heavy (non-hydrogen) atoms. The maximum Gasteiger partial charge on any atom is 0.279 e. The largest absolute Gasteiger partial charge is 0.314 e. The second-order valence-corrected chi connectivity index (χ2v) is 8.68. The van der Waals surface area contributed by atoms with Crippen molar-refractivity contribution in [1.29, 1.82) is 0 Å². The first-order valence-electron chi connectivity index (χ1n) is 8.19. The first-order chi connectivity index (χ1) is 9.72. The van der Waals surface area contributed by atoms with E-state index in [4.69, 9.17) is 0 Å². The Labute approximate surface area is 131 Å². The lowest BCUT2D eigenvalue weighted by molar-refractivity contribution is 0.239. The highest BCUT2D eigenvalue weighted by Crippen LogP contribution is 2.29. The number of nitrogens with zero attached hydrogens (tertiary/aromatic N) is 1. The quantitative estimate of drug-likeness (QED) is 0.672. The van der Waals surface area contributed by atoms with Gasteiger partial charge in [0.2, 0.25) is 0 Å². The highest BCUT2D eigenvalue weighted by Gasteiger charge is 2.28. The van der Waals surface area contributed by atoms with Crippen LogP contribution in [0.3, 0.4) is 0 Å². The topological polar surface area (TPSA) is 61.4 Å². The molecule has 1 aliphatic rings. The summed E-state index contributed by atoms with van der Waals surface area (Å²) in [5.41, 5.74) is 0. The lowest BCUT2D eigenvalue weighted by atomic mass is 9.79. The molecule has 1 saturated carbocycles. The van der Waals surface area contributed by atoms with E-state index in [9.17, 15) is 8.42 Å². The van der Waals surface area contributed by atoms with Gasteiger partial charge < -0.3 is 5.32 Å². The molecular formula is C15H33N3O2S. The smallest absolute Gasteiger partial charge is 0.279 e. The SMILES string of the molecule is CC(C)NCCCN(C)S(=O)(=O)NC1CCC(C)C(C)C1. The van der Waals surface area contributed by atoms with Crippen molar-refractivity contribution in [2.45, 2.75) is 65.5 Å². The molecule has 0 bridgehead atoms. The summed E-state index contributed by atoms with van der Waals surface area (Å²) < 4.78 is 28.9. The minimum atomic E-state index is -3.35. The first kappa shape index (κ1) is 18.9. The summed E-state index contributed by atoms with van der Waals surface area (Å²) in [7, 11) is -1.69. The van der Waals surface area contributed by atoms with Gasteiger partial charge in [0.1, 0.15) is 0 Å². The molecule has 3 unspecified atom stereocenters. The second-order valence-electron chi connectivity index (χ2n) is 6.87. The Balaban J connectivity index is 2.38. The van der Waals surface area contributed by atoms with Gasteiger partial charge in [0.05, 0.1) is 0 Å². The third-order valence-electron chi connectivity index (χ3n) is 4.53. The van der Waals surface area contributed by atoms with E-state index >= 15 is 0 Å². The van der Waals surface area contributed by atoms with E-state index in [0.717, 1.165) is 32.2 Å². The van der Waals surface area contributed by atoms with Crippen LogP contribution in [0.1, 0.15) is 53.4 Å². The number of hydrogen-bond donors (Lipinski definition) is 2. The summed E-state index contributed by atoms with van der Waals surface area (Å²) in [5, 5.41) is 3.30. The Morgan fingerprint density at radius 1 is 1.19 bits per heavy atom. The first-order valence-corrected chi connectivity index (χ1v) is 9.63. The Hall–Kier alpha value is -0.170. The maximum absolute atomic E-state index is 12.3. The van der Waals surface area contributed by atoms with Gasteiger partial charge >= 0.3 is 0 Å². The molecule has 0 radical (unpaired) electrons. The number of nitrogens with one attached hydrogen (secondary N) is 2. The minimum Gasteiger partial charge on any atom is -0.314 e. The third-order valence-corrected chi connectivity index (χ3v) is 6.16. The van der Waals surface area contributed by atoms with Gasteiger partial charge in [-0.05, 0) is 44.1 Å². The zero-order valence-corrected chi connectivity index (χ0v) is 15.0. The van der Waals surface area contributed by atoms with Crippen molar-refractivity contribution in [1.82, 2.24) is 14.3 Å². The highest BCUT2D eigenvalue weighted by molar-refractivity contribution is 7.87. The number of hydrogen-bond acceptors (Lipinski definition) is 3. The molecule has 0 aliphatic heterocycles. The van der Waals surface area contributed by atoms with Gasteiger partial charge in [-0.1, -0.05) is 27.7 Å². The monoisotopic (exact) mass is 319 g/mol. The standard InChI is InChI=1S/C15H33N3O2S/c1-12(2)16-9-6-10-18(5)21(19,20)17-15-8-7-13(3)14(4)11-15/h12-17H,6-11H2,1-5H3. The molecule has 0 aromatic rings. The van der Waals surface area contributed by atoms with Crippen molar-refractivity contribution in [3.63, 3.8) is 0 Å². The number of rotatable bonds is 8. The molecule has 0 heterocycles. The fourth-order valence-corrected chi connectivity index (χ4v) is 3.95. The average Bonchev–Trinajstić information content (AvgIpc) is 2.38. The Morgan fingerprint density at radius 3 is 2.43 bits per heavy atom. The normalized spacial score (nSPS) is 27.5. The fraction of sp³-hybridized carbons (Fsp3) is 1.00. The lowest BCUT2D eigenvalue weighted by Gasteiger charge is -2.33. The summed E-state index contributed by atoms with van der Waals surface area (Å²) in [4.78, 5) is 0. The van der Waals surface area contributed by atoms with Crippen LogP contribution in [0.25, 0.3) is 0 Å². The molecule has 2 N–H and O–H groups in total. The predicted molar refractivity (Wildman–Crippen MR) is 88.4 cm³/mol. The van der Waals surface area contributed by atoms with E-state index in [1.165, 1.54) is 4.31 Å². The van der Waals surface area contributed by atoms with Gasteiger partial charge in [0, 0.05) is 25.7 Å². The Kier molecular flexibility index (Phi) is 7.60. The molecule has 6 heteroatoms. The molecule has 0 spiro atoms. The van der Waals surface area contributed by atoms with Crippen LogP contribution in [-0.4, -0.2) is 44.9 Å². The summed E-state index contributed by atoms with van der Waals surface area (Å²) in [5.74, 6) is 1.29. The van der Waals surface area contributed by atoms with Crippen molar-refractivity contribution >= 4 is 10.2 Å². The van der Waals surface area contributed by atoms with Crippen LogP contribution in [0.2, 0.25) is 0 Å². The maximum atomic E-state index is 12.3. The molecule has 3 atom stereocenters. The van der Waals surface area contributed by atoms with E-state index in [2.05, 4.69) is 37.7 Å². The summed E-state index contributed by atoms with van der Waals surface area (Å²) in [6.45, 7) is 10.0. The van der Waals surface area contributed by atoms with Crippen LogP contribution in [0, 0.1) is 11.8 Å². The van der Waals surface area contributed by atoms with Gasteiger partial charge in [0.25, 0.3) is 10.2 Å². The minimum absolute atomic E-state index is 0.0949. The van der Waals surface area contributed by atoms with Crippen LogP contribution >= 0.6 is 0 Å². The molecule has 0 saturated heterocycles. The van der Waals surface area contributed by atoms with E-state index in [1.807, 2.05) is 0 Å². The summed E-state index contributed by atoms with van der Waals surface area (Å²) >= 11 is 0. The van der Waals surface area contributed by atoms with Gasteiger partial charge in [-0.2, -0.15) is 17.4 Å². The molecule has 5 nitrogen and oxygen atoms in total. The Bertz CT molecular complexity index is 398. The molecular weight excluding hydrogens is 286 g/mol. The molecule has 126 valence electrons. The molecule has 0 amide bonds. The van der Waals surface area contributed by atoms with Crippen LogP contribution in [0.15, 0.2) is 0 Å². The Morgan fingerprint density at radius 2 is 1.86 bits per heavy atom. The molecule has 0 aromatic carbocycles. The van der Waals surface area contributed by atoms with Gasteiger partial charge in [-0.15, -0.1) is 0 Å². The van der Waals surface area contributed by atoms with Gasteiger partial charge in [0.15, 0.2) is 0 Å². The molecule has 0 aromatic heterocycles. The van der Waals surface area contributed by atoms with Crippen molar-refractivity contribution in [3.8, 4) is 0 Å². The van der Waals surface area contributed by atoms with E-state index in [1.54, 1.807) is 7.05 Å². The van der Waals surface area contributed by atoms with Crippen LogP contribution in [-0.2, 0) is 10.2 Å². The second kappa shape index (κ2) is 8.46. The predicted octanol–water partition coefficient (Wildman–Crippen LogP) is 1.97. The molecule has 1 aliphatic carbocycles. The van der Waals surface area contributed by atoms with E-state index < -0.39 is 10.2 Å². The zero-order valence-electron chi connectivity index (χ0n) is 14.2. The average molecular weight is 320 g/mol. The lowest BCUT2D eigenvalue weighted by Crippen LogP contribution is -2.46. The molecule has 1 rings (SSSR count). The summed E-state index contributed by atoms with van der Waals surface area (Å²) in [6.07, 6.45) is 3.83. The van der Waals surface area contributed by atoms with Crippen LogP contribution < -0.4 is 10.0 Å². The van der Waals surface area contributed by atoms with Crippen LogP contribution in [0.4, 0.5) is 0 Å². The van der Waals surface area contributed by atoms with Crippen LogP contribution in [0.5, 0.6) is 0 Å². The third kappa shape index (κ3) is 6.63. The van der Waals surface area contributed by atoms with E-state index in [0.29, 0.717) is 24.4 Å². The zero-order chi connectivity index (χ0) is 16.0. The van der Waals surface area contributed by atoms with E-state index in [-0.39, 0.29) is 6.04 Å².